The zero-order valence-corrected chi connectivity index (χ0v) is 17.2. The van der Waals surface area contributed by atoms with Crippen LogP contribution in [0.2, 0.25) is 5.02 Å². The molecule has 2 fully saturated rings. The van der Waals surface area contributed by atoms with Crippen molar-refractivity contribution in [3.63, 3.8) is 0 Å². The van der Waals surface area contributed by atoms with Gasteiger partial charge >= 0.3 is 0 Å². The van der Waals surface area contributed by atoms with E-state index in [0.29, 0.717) is 5.02 Å². The van der Waals surface area contributed by atoms with E-state index in [1.165, 1.54) is 39.0 Å². The first-order valence-corrected chi connectivity index (χ1v) is 10.7. The van der Waals surface area contributed by atoms with Crippen molar-refractivity contribution in [2.45, 2.75) is 19.8 Å². The molecule has 4 heterocycles. The first-order chi connectivity index (χ1) is 13.7. The topological polar surface area (TPSA) is 39.9 Å². The lowest BCUT2D eigenvalue weighted by molar-refractivity contribution is 0.215. The van der Waals surface area contributed by atoms with Gasteiger partial charge in [-0.25, -0.2) is 9.50 Å². The SMILES string of the molecule is Cc1nn2c(nc(N3CCN(CCN4CCCC4)CC3)c3ccccc32)c1Cl. The Morgan fingerprint density at radius 1 is 0.929 bits per heavy atom. The number of benzene rings is 1. The third-order valence-corrected chi connectivity index (χ3v) is 6.60. The van der Waals surface area contributed by atoms with Gasteiger partial charge in [-0.2, -0.15) is 5.10 Å². The predicted molar refractivity (Wildman–Crippen MR) is 115 cm³/mol. The fourth-order valence-electron chi connectivity index (χ4n) is 4.48. The Labute approximate surface area is 170 Å². The van der Waals surface area contributed by atoms with Crippen LogP contribution in [0.1, 0.15) is 18.5 Å². The Morgan fingerprint density at radius 2 is 1.61 bits per heavy atom. The average Bonchev–Trinajstić information content (AvgIpc) is 3.35. The van der Waals surface area contributed by atoms with Gasteiger partial charge in [-0.3, -0.25) is 4.90 Å². The number of aryl methyl sites for hydroxylation is 1. The molecule has 5 rings (SSSR count). The molecule has 3 aromatic rings. The number of fused-ring (bicyclic) bond motifs is 3. The van der Waals surface area contributed by atoms with Gasteiger partial charge in [0.1, 0.15) is 10.8 Å². The molecular weight excluding hydrogens is 372 g/mol. The lowest BCUT2D eigenvalue weighted by atomic mass is 10.2. The van der Waals surface area contributed by atoms with Gasteiger partial charge in [0, 0.05) is 44.7 Å². The van der Waals surface area contributed by atoms with E-state index in [2.05, 4.69) is 38.0 Å². The summed E-state index contributed by atoms with van der Waals surface area (Å²) < 4.78 is 1.88. The van der Waals surface area contributed by atoms with E-state index in [1.54, 1.807) is 0 Å². The van der Waals surface area contributed by atoms with Crippen LogP contribution in [0.4, 0.5) is 5.82 Å². The van der Waals surface area contributed by atoms with Gasteiger partial charge in [0.15, 0.2) is 5.65 Å². The zero-order valence-electron chi connectivity index (χ0n) is 16.4. The van der Waals surface area contributed by atoms with Crippen LogP contribution in [0.25, 0.3) is 16.6 Å². The molecule has 2 aliphatic heterocycles. The quantitative estimate of drug-likeness (QED) is 0.675. The molecule has 28 heavy (non-hydrogen) atoms. The average molecular weight is 399 g/mol. The number of rotatable bonds is 4. The molecule has 0 amide bonds. The third kappa shape index (κ3) is 3.23. The summed E-state index contributed by atoms with van der Waals surface area (Å²) in [6.07, 6.45) is 2.73. The van der Waals surface area contributed by atoms with Gasteiger partial charge in [0.05, 0.1) is 11.2 Å². The van der Waals surface area contributed by atoms with Crippen LogP contribution in [0.5, 0.6) is 0 Å². The standard InChI is InChI=1S/C21H27ClN6/c1-16-19(22)21-23-20(17-6-2-3-7-18(17)28(21)24-16)27-14-12-26(13-15-27)11-10-25-8-4-5-9-25/h2-3,6-7H,4-5,8-15H2,1H3. The molecule has 0 saturated carbocycles. The number of likely N-dealkylation sites (tertiary alicyclic amines) is 1. The summed E-state index contributed by atoms with van der Waals surface area (Å²) in [5.41, 5.74) is 2.64. The summed E-state index contributed by atoms with van der Waals surface area (Å²) in [6, 6.07) is 8.36. The third-order valence-electron chi connectivity index (χ3n) is 6.15. The highest BCUT2D eigenvalue weighted by atomic mass is 35.5. The summed E-state index contributed by atoms with van der Waals surface area (Å²) >= 11 is 6.50. The Bertz CT molecular complexity index is 985. The fraction of sp³-hybridized carbons (Fsp3) is 0.524. The number of piperazine rings is 1. The minimum Gasteiger partial charge on any atom is -0.353 e. The molecule has 0 aliphatic carbocycles. The van der Waals surface area contributed by atoms with E-state index in [1.807, 2.05) is 17.5 Å². The number of anilines is 1. The highest BCUT2D eigenvalue weighted by Crippen LogP contribution is 2.30. The second-order valence-corrected chi connectivity index (χ2v) is 8.34. The van der Waals surface area contributed by atoms with Gasteiger partial charge in [-0.1, -0.05) is 23.7 Å². The number of aromatic nitrogens is 3. The maximum Gasteiger partial charge on any atom is 0.176 e. The summed E-state index contributed by atoms with van der Waals surface area (Å²) in [4.78, 5) is 12.5. The van der Waals surface area contributed by atoms with Crippen molar-refractivity contribution < 1.29 is 0 Å². The Hall–Kier alpha value is -1.89. The minimum atomic E-state index is 0.649. The highest BCUT2D eigenvalue weighted by molar-refractivity contribution is 6.34. The second-order valence-electron chi connectivity index (χ2n) is 7.96. The maximum absolute atomic E-state index is 6.50. The van der Waals surface area contributed by atoms with Crippen molar-refractivity contribution in [3.05, 3.63) is 35.0 Å². The predicted octanol–water partition coefficient (Wildman–Crippen LogP) is 3.06. The molecule has 148 valence electrons. The lowest BCUT2D eigenvalue weighted by Crippen LogP contribution is -2.48. The van der Waals surface area contributed by atoms with E-state index in [0.717, 1.165) is 54.2 Å². The Morgan fingerprint density at radius 3 is 2.36 bits per heavy atom. The number of hydrogen-bond acceptors (Lipinski definition) is 5. The molecule has 2 saturated heterocycles. The van der Waals surface area contributed by atoms with Crippen LogP contribution in [0, 0.1) is 6.92 Å². The smallest absolute Gasteiger partial charge is 0.176 e. The van der Waals surface area contributed by atoms with Crippen molar-refractivity contribution >= 4 is 34.0 Å². The molecule has 6 nitrogen and oxygen atoms in total. The van der Waals surface area contributed by atoms with Crippen molar-refractivity contribution in [1.29, 1.82) is 0 Å². The normalized spacial score (nSPS) is 19.3. The first-order valence-electron chi connectivity index (χ1n) is 10.3. The summed E-state index contributed by atoms with van der Waals surface area (Å²) in [5.74, 6) is 1.03. The monoisotopic (exact) mass is 398 g/mol. The first kappa shape index (κ1) is 18.2. The van der Waals surface area contributed by atoms with Crippen molar-refractivity contribution in [2.24, 2.45) is 0 Å². The second kappa shape index (κ2) is 7.50. The maximum atomic E-state index is 6.50. The van der Waals surface area contributed by atoms with E-state index < -0.39 is 0 Å². The molecule has 7 heteroatoms. The summed E-state index contributed by atoms with van der Waals surface area (Å²) in [7, 11) is 0. The highest BCUT2D eigenvalue weighted by Gasteiger charge is 2.23. The molecule has 0 unspecified atom stereocenters. The number of hydrogen-bond donors (Lipinski definition) is 0. The Balaban J connectivity index is 1.38. The molecule has 0 N–H and O–H groups in total. The molecule has 1 aromatic carbocycles. The van der Waals surface area contributed by atoms with E-state index in [-0.39, 0.29) is 0 Å². The molecule has 2 aromatic heterocycles. The van der Waals surface area contributed by atoms with E-state index >= 15 is 0 Å². The molecule has 0 spiro atoms. The summed E-state index contributed by atoms with van der Waals surface area (Å²) in [6.45, 7) is 11.0. The number of halogens is 1. The van der Waals surface area contributed by atoms with Gasteiger partial charge < -0.3 is 9.80 Å². The van der Waals surface area contributed by atoms with Crippen LogP contribution < -0.4 is 4.90 Å². The van der Waals surface area contributed by atoms with Crippen molar-refractivity contribution in [1.82, 2.24) is 24.4 Å². The summed E-state index contributed by atoms with van der Waals surface area (Å²) in [5, 5.41) is 6.38. The van der Waals surface area contributed by atoms with Crippen LogP contribution in [0.15, 0.2) is 24.3 Å². The molecule has 2 aliphatic rings. The number of nitrogens with zero attached hydrogens (tertiary/aromatic N) is 6. The van der Waals surface area contributed by atoms with Gasteiger partial charge in [-0.15, -0.1) is 0 Å². The van der Waals surface area contributed by atoms with Gasteiger partial charge in [-0.05, 0) is 45.0 Å². The lowest BCUT2D eigenvalue weighted by Gasteiger charge is -2.36. The molecule has 0 bridgehead atoms. The zero-order chi connectivity index (χ0) is 19.1. The van der Waals surface area contributed by atoms with Crippen LogP contribution in [-0.2, 0) is 0 Å². The Kier molecular flexibility index (Phi) is 4.87. The van der Waals surface area contributed by atoms with E-state index in [4.69, 9.17) is 16.6 Å². The fourth-order valence-corrected chi connectivity index (χ4v) is 4.64. The van der Waals surface area contributed by atoms with Crippen LogP contribution in [-0.4, -0.2) is 76.8 Å². The van der Waals surface area contributed by atoms with Gasteiger partial charge in [0.2, 0.25) is 0 Å². The molecule has 0 atom stereocenters. The molecule has 0 radical (unpaired) electrons. The van der Waals surface area contributed by atoms with Crippen LogP contribution >= 0.6 is 11.6 Å². The number of para-hydroxylation sites is 1. The molecular formula is C21H27ClN6. The van der Waals surface area contributed by atoms with Crippen molar-refractivity contribution in [2.75, 3.05) is 57.3 Å². The van der Waals surface area contributed by atoms with Crippen molar-refractivity contribution in [3.8, 4) is 0 Å². The van der Waals surface area contributed by atoms with Crippen LogP contribution in [0.3, 0.4) is 0 Å². The minimum absolute atomic E-state index is 0.649. The van der Waals surface area contributed by atoms with Gasteiger partial charge in [0.25, 0.3) is 0 Å². The largest absolute Gasteiger partial charge is 0.353 e. The van der Waals surface area contributed by atoms with E-state index in [9.17, 15) is 0 Å².